The predicted molar refractivity (Wildman–Crippen MR) is 108 cm³/mol. The van der Waals surface area contributed by atoms with E-state index in [2.05, 4.69) is 20.7 Å². The third-order valence-electron chi connectivity index (χ3n) is 8.33. The van der Waals surface area contributed by atoms with Crippen LogP contribution in [0.3, 0.4) is 0 Å². The van der Waals surface area contributed by atoms with E-state index in [1.165, 1.54) is 0 Å². The fourth-order valence-electron chi connectivity index (χ4n) is 7.09. The lowest BCUT2D eigenvalue weighted by Gasteiger charge is -2.27. The van der Waals surface area contributed by atoms with E-state index < -0.39 is 17.8 Å². The molecular formula is C22H32N4O4. The average molecular weight is 417 g/mol. The number of nitrogens with one attached hydrogen (secondary N) is 2. The number of aliphatic carboxylic acids is 1. The summed E-state index contributed by atoms with van der Waals surface area (Å²) in [6.45, 7) is 7.48. The Balaban J connectivity index is 1.26. The molecule has 1 spiro atoms. The van der Waals surface area contributed by atoms with Gasteiger partial charge in [-0.3, -0.25) is 9.59 Å². The van der Waals surface area contributed by atoms with Crippen LogP contribution in [0.15, 0.2) is 10.6 Å². The van der Waals surface area contributed by atoms with Crippen molar-refractivity contribution in [1.82, 2.24) is 20.7 Å². The second-order valence-electron chi connectivity index (χ2n) is 9.72. The van der Waals surface area contributed by atoms with E-state index in [0.29, 0.717) is 17.4 Å². The highest BCUT2D eigenvalue weighted by Gasteiger charge is 2.75. The Labute approximate surface area is 176 Å². The number of aryl methyl sites for hydroxylation is 1. The van der Waals surface area contributed by atoms with Gasteiger partial charge < -0.3 is 25.2 Å². The number of aromatic nitrogens is 1. The molecule has 8 heteroatoms. The fourth-order valence-corrected chi connectivity index (χ4v) is 7.09. The number of amides is 1. The zero-order chi connectivity index (χ0) is 20.9. The van der Waals surface area contributed by atoms with E-state index in [1.807, 2.05) is 6.92 Å². The molecule has 2 heterocycles. The van der Waals surface area contributed by atoms with Crippen LogP contribution in [-0.4, -0.2) is 59.8 Å². The first-order valence-corrected chi connectivity index (χ1v) is 11.4. The number of piperazine rings is 1. The third kappa shape index (κ3) is 3.24. The second-order valence-corrected chi connectivity index (χ2v) is 9.72. The molecule has 1 saturated heterocycles. The van der Waals surface area contributed by atoms with Crippen molar-refractivity contribution < 1.29 is 19.2 Å². The molecule has 6 atom stereocenters. The molecule has 1 aromatic heterocycles. The van der Waals surface area contributed by atoms with Gasteiger partial charge >= 0.3 is 5.97 Å². The summed E-state index contributed by atoms with van der Waals surface area (Å²) in [4.78, 5) is 27.8. The molecule has 0 radical (unpaired) electrons. The first-order valence-electron chi connectivity index (χ1n) is 11.4. The Hall–Kier alpha value is -1.93. The molecule has 3 aliphatic carbocycles. The maximum Gasteiger partial charge on any atom is 0.307 e. The SMILES string of the molecule is Cc1cc(CNC(=O)[C@H]2[C@H](C(=O)O)[C@H]3CC[C@@H]2C32CC2CCN2CCNCC2)no1. The minimum atomic E-state index is -0.799. The Bertz CT molecular complexity index is 820. The maximum absolute atomic E-state index is 13.1. The van der Waals surface area contributed by atoms with Gasteiger partial charge in [0.1, 0.15) is 11.5 Å². The van der Waals surface area contributed by atoms with E-state index in [4.69, 9.17) is 4.52 Å². The average Bonchev–Trinajstić information content (AvgIpc) is 2.97. The lowest BCUT2D eigenvalue weighted by molar-refractivity contribution is -0.149. The second kappa shape index (κ2) is 7.64. The van der Waals surface area contributed by atoms with Gasteiger partial charge in [-0.1, -0.05) is 5.16 Å². The summed E-state index contributed by atoms with van der Waals surface area (Å²) in [5.74, 6) is -0.261. The highest BCUT2D eigenvalue weighted by atomic mass is 16.5. The van der Waals surface area contributed by atoms with Gasteiger partial charge in [-0.15, -0.1) is 0 Å². The number of rotatable bonds is 7. The molecular weight excluding hydrogens is 384 g/mol. The van der Waals surface area contributed by atoms with Crippen LogP contribution in [-0.2, 0) is 16.1 Å². The van der Waals surface area contributed by atoms with E-state index in [1.54, 1.807) is 6.07 Å². The van der Waals surface area contributed by atoms with Crippen molar-refractivity contribution in [2.75, 3.05) is 32.7 Å². The number of hydrogen-bond acceptors (Lipinski definition) is 6. The van der Waals surface area contributed by atoms with Crippen molar-refractivity contribution in [3.63, 3.8) is 0 Å². The van der Waals surface area contributed by atoms with Crippen LogP contribution in [0.2, 0.25) is 0 Å². The molecule has 30 heavy (non-hydrogen) atoms. The Morgan fingerprint density at radius 2 is 2.03 bits per heavy atom. The van der Waals surface area contributed by atoms with Crippen molar-refractivity contribution in [2.24, 2.45) is 35.0 Å². The fraction of sp³-hybridized carbons (Fsp3) is 0.773. The number of carboxylic acid groups (broad SMARTS) is 1. The molecule has 3 N–H and O–H groups in total. The monoisotopic (exact) mass is 416 g/mol. The summed E-state index contributed by atoms with van der Waals surface area (Å²) < 4.78 is 5.06. The quantitative estimate of drug-likeness (QED) is 0.614. The van der Waals surface area contributed by atoms with Crippen molar-refractivity contribution in [3.8, 4) is 0 Å². The topological polar surface area (TPSA) is 108 Å². The molecule has 0 aromatic carbocycles. The van der Waals surface area contributed by atoms with Crippen molar-refractivity contribution in [3.05, 3.63) is 17.5 Å². The van der Waals surface area contributed by atoms with Gasteiger partial charge in [0.15, 0.2) is 0 Å². The van der Waals surface area contributed by atoms with E-state index in [-0.39, 0.29) is 29.7 Å². The number of hydrogen-bond donors (Lipinski definition) is 3. The van der Waals surface area contributed by atoms with Crippen molar-refractivity contribution in [1.29, 1.82) is 0 Å². The van der Waals surface area contributed by atoms with Crippen molar-refractivity contribution >= 4 is 11.9 Å². The van der Waals surface area contributed by atoms with Gasteiger partial charge in [0.2, 0.25) is 5.91 Å². The molecule has 4 fully saturated rings. The van der Waals surface area contributed by atoms with Crippen LogP contribution in [0, 0.1) is 41.9 Å². The smallest absolute Gasteiger partial charge is 0.307 e. The molecule has 1 aromatic rings. The predicted octanol–water partition coefficient (Wildman–Crippen LogP) is 1.26. The lowest BCUT2D eigenvalue weighted by atomic mass is 9.78. The summed E-state index contributed by atoms with van der Waals surface area (Å²) in [5.41, 5.74) is 0.759. The van der Waals surface area contributed by atoms with E-state index in [0.717, 1.165) is 58.4 Å². The molecule has 1 amide bonds. The number of nitrogens with zero attached hydrogens (tertiary/aromatic N) is 2. The molecule has 8 nitrogen and oxygen atoms in total. The van der Waals surface area contributed by atoms with Crippen LogP contribution >= 0.6 is 0 Å². The minimum absolute atomic E-state index is 0.0869. The number of carbonyl (C=O) groups is 2. The lowest BCUT2D eigenvalue weighted by Crippen LogP contribution is -2.43. The van der Waals surface area contributed by atoms with Gasteiger partial charge in [0, 0.05) is 32.2 Å². The molecule has 2 unspecified atom stereocenters. The Morgan fingerprint density at radius 3 is 2.70 bits per heavy atom. The Kier molecular flexibility index (Phi) is 5.09. The maximum atomic E-state index is 13.1. The molecule has 1 aliphatic heterocycles. The molecule has 2 bridgehead atoms. The van der Waals surface area contributed by atoms with Crippen LogP contribution in [0.1, 0.15) is 37.1 Å². The van der Waals surface area contributed by atoms with Gasteiger partial charge in [-0.25, -0.2) is 0 Å². The van der Waals surface area contributed by atoms with E-state index >= 15 is 0 Å². The summed E-state index contributed by atoms with van der Waals surface area (Å²) in [6.07, 6.45) is 4.17. The summed E-state index contributed by atoms with van der Waals surface area (Å²) in [6, 6.07) is 1.80. The van der Waals surface area contributed by atoms with Crippen molar-refractivity contribution in [2.45, 2.75) is 39.2 Å². The van der Waals surface area contributed by atoms with E-state index in [9.17, 15) is 14.7 Å². The number of carboxylic acids is 1. The Morgan fingerprint density at radius 1 is 1.30 bits per heavy atom. The summed E-state index contributed by atoms with van der Waals surface area (Å²) in [7, 11) is 0. The van der Waals surface area contributed by atoms with Gasteiger partial charge in [0.25, 0.3) is 0 Å². The van der Waals surface area contributed by atoms with Crippen LogP contribution in [0.5, 0.6) is 0 Å². The van der Waals surface area contributed by atoms with Gasteiger partial charge in [-0.2, -0.15) is 0 Å². The zero-order valence-electron chi connectivity index (χ0n) is 17.6. The largest absolute Gasteiger partial charge is 0.481 e. The normalized spacial score (nSPS) is 37.6. The first kappa shape index (κ1) is 20.0. The molecule has 164 valence electrons. The van der Waals surface area contributed by atoms with Crippen LogP contribution in [0.4, 0.5) is 0 Å². The minimum Gasteiger partial charge on any atom is -0.481 e. The standard InChI is InChI=1S/C22H32N4O4/c1-13-10-15(25-30-13)12-24-20(27)18-16-2-3-17(19(18)21(28)29)22(16)11-14(22)4-7-26-8-5-23-6-9-26/h10,14,16-19,23H,2-9,11-12H2,1H3,(H,24,27)(H,28,29)/t14?,16-,17+,18+,19+,22?/m0/s1. The van der Waals surface area contributed by atoms with Gasteiger partial charge in [-0.05, 0) is 62.3 Å². The summed E-state index contributed by atoms with van der Waals surface area (Å²) >= 11 is 0. The first-order chi connectivity index (χ1) is 14.5. The highest BCUT2D eigenvalue weighted by molar-refractivity contribution is 5.86. The highest BCUT2D eigenvalue weighted by Crippen LogP contribution is 2.78. The van der Waals surface area contributed by atoms with Crippen LogP contribution in [0.25, 0.3) is 0 Å². The van der Waals surface area contributed by atoms with Crippen LogP contribution < -0.4 is 10.6 Å². The summed E-state index contributed by atoms with van der Waals surface area (Å²) in [5, 5.41) is 20.3. The van der Waals surface area contributed by atoms with Gasteiger partial charge in [0.05, 0.1) is 18.4 Å². The molecule has 3 saturated carbocycles. The third-order valence-corrected chi connectivity index (χ3v) is 8.33. The molecule has 5 rings (SSSR count). The zero-order valence-corrected chi connectivity index (χ0v) is 17.6. The number of carbonyl (C=O) groups excluding carboxylic acids is 1. The molecule has 4 aliphatic rings.